The van der Waals surface area contributed by atoms with Crippen molar-refractivity contribution in [2.45, 2.75) is 114 Å². The summed E-state index contributed by atoms with van der Waals surface area (Å²) in [6.45, 7) is 1.29. The largest absolute Gasteiger partial charge is 0.481 e. The van der Waals surface area contributed by atoms with E-state index in [1.54, 1.807) is 12.2 Å². The second kappa shape index (κ2) is 21.3. The minimum atomic E-state index is -1.77. The fourth-order valence-corrected chi connectivity index (χ4v) is 17.4. The van der Waals surface area contributed by atoms with Crippen LogP contribution in [0.1, 0.15) is 89.9 Å². The SMILES string of the molecule is O=C(/C=C\C(=O)OC(=O)C1(C2CCCO2)C2C=CC(C2)C1(C(=O)O)C1CCCO1)OC(=O)C1(C2CCCO2)C2C=CC(C2)C1(C(=O)O)C1CCCO1.O=C(O)C1(CCO)CC2C=CC1C2.O=C(O)C1C2C=CC(C2)C1C(=O)O. The van der Waals surface area contributed by atoms with Crippen LogP contribution in [0.2, 0.25) is 0 Å². The van der Waals surface area contributed by atoms with E-state index in [0.717, 1.165) is 6.42 Å². The highest BCUT2D eigenvalue weighted by atomic mass is 16.6. The summed E-state index contributed by atoms with van der Waals surface area (Å²) in [5.41, 5.74) is -7.68. The van der Waals surface area contributed by atoms with Crippen molar-refractivity contribution in [3.05, 3.63) is 60.8 Å². The van der Waals surface area contributed by atoms with E-state index in [4.69, 9.17) is 43.7 Å². The fraction of sp³-hybridized carbons (Fsp3) is 0.667. The monoisotopic (exact) mass is 1090 g/mol. The molecule has 4 heterocycles. The van der Waals surface area contributed by atoms with Gasteiger partial charge < -0.3 is 59.1 Å². The lowest BCUT2D eigenvalue weighted by Gasteiger charge is -2.51. The molecule has 8 fully saturated rings. The molecule has 8 bridgehead atoms. The second-order valence-corrected chi connectivity index (χ2v) is 23.3. The summed E-state index contributed by atoms with van der Waals surface area (Å²) < 4.78 is 34.8. The minimum absolute atomic E-state index is 0.0244. The first-order chi connectivity index (χ1) is 37.4. The number of rotatable bonds is 15. The zero-order valence-corrected chi connectivity index (χ0v) is 43.1. The molecule has 0 radical (unpaired) electrons. The Morgan fingerprint density at radius 3 is 1.13 bits per heavy atom. The summed E-state index contributed by atoms with van der Waals surface area (Å²) in [6, 6.07) is 0. The summed E-state index contributed by atoms with van der Waals surface area (Å²) in [7, 11) is 0. The van der Waals surface area contributed by atoms with Gasteiger partial charge in [0, 0.05) is 45.2 Å². The number of aliphatic hydroxyl groups excluding tert-OH is 1. The number of hydrogen-bond acceptors (Lipinski definition) is 16. The summed E-state index contributed by atoms with van der Waals surface area (Å²) in [5, 5.41) is 57.6. The Morgan fingerprint density at radius 2 is 0.833 bits per heavy atom. The molecular formula is C57H68O21. The van der Waals surface area contributed by atoms with Crippen molar-refractivity contribution in [2.24, 2.45) is 86.3 Å². The van der Waals surface area contributed by atoms with Crippen molar-refractivity contribution in [1.29, 1.82) is 0 Å². The zero-order chi connectivity index (χ0) is 55.5. The van der Waals surface area contributed by atoms with Crippen LogP contribution in [0.5, 0.6) is 0 Å². The number of carbonyl (C=O) groups is 9. The van der Waals surface area contributed by atoms with Crippen molar-refractivity contribution in [3.8, 4) is 0 Å². The van der Waals surface area contributed by atoms with Crippen LogP contribution in [0, 0.1) is 86.3 Å². The van der Waals surface area contributed by atoms with Crippen molar-refractivity contribution >= 4 is 53.7 Å². The van der Waals surface area contributed by atoms with Crippen LogP contribution in [-0.4, -0.2) is 142 Å². The van der Waals surface area contributed by atoms with Gasteiger partial charge in [0.25, 0.3) is 0 Å². The van der Waals surface area contributed by atoms with Crippen LogP contribution in [0.3, 0.4) is 0 Å². The molecule has 78 heavy (non-hydrogen) atoms. The first-order valence-corrected chi connectivity index (χ1v) is 27.5. The highest BCUT2D eigenvalue weighted by Gasteiger charge is 2.81. The molecule has 6 N–H and O–H groups in total. The van der Waals surface area contributed by atoms with E-state index in [-0.39, 0.29) is 24.4 Å². The molecule has 422 valence electrons. The molecule has 4 aliphatic heterocycles. The van der Waals surface area contributed by atoms with Gasteiger partial charge in [-0.3, -0.25) is 33.6 Å². The van der Waals surface area contributed by atoms with Crippen LogP contribution in [0.15, 0.2) is 60.8 Å². The molecule has 19 unspecified atom stereocenters. The Hall–Kier alpha value is -5.87. The Balaban J connectivity index is 0.000000214. The standard InChI is InChI=1S/C38H44O14.C10H14O3.C9H10O4/c39-29(51-33(45)37(27-7-3-17-49-27)23-11-9-21(19-23)35(37,31(41)42)25-5-1-15-47-25)13-14-30(40)52-34(46)38(28-8-4-18-50-28)24-12-10-22(20-24)36(38,32(43)44)26-6-2-16-48-26;11-4-3-10(9(12)13)6-7-1-2-8(10)5-7;10-8(11)6-4-1-2-5(3-4)7(6)9(12)13/h9-14,21-28H,1-8,15-20H2,(H,41,42)(H,43,44);1-2,7-8,11H,3-6H2,(H,12,13);1-2,4-7H,3H2,(H,10,11)(H,12,13)/b14-13-;;. The Labute approximate surface area is 449 Å². The summed E-state index contributed by atoms with van der Waals surface area (Å²) in [6.07, 6.45) is 20.5. The van der Waals surface area contributed by atoms with E-state index in [2.05, 4.69) is 6.08 Å². The van der Waals surface area contributed by atoms with Gasteiger partial charge in [-0.15, -0.1) is 0 Å². The van der Waals surface area contributed by atoms with Gasteiger partial charge in [-0.1, -0.05) is 48.6 Å². The predicted octanol–water partition coefficient (Wildman–Crippen LogP) is 4.55. The third-order valence-electron chi connectivity index (χ3n) is 20.3. The van der Waals surface area contributed by atoms with Gasteiger partial charge >= 0.3 is 53.7 Å². The van der Waals surface area contributed by atoms with Crippen LogP contribution in [0.4, 0.5) is 0 Å². The quantitative estimate of drug-likeness (QED) is 0.0567. The van der Waals surface area contributed by atoms with Crippen LogP contribution in [-0.2, 0) is 71.6 Å². The summed E-state index contributed by atoms with van der Waals surface area (Å²) in [4.78, 5) is 115. The molecule has 12 aliphatic rings. The molecule has 8 aliphatic carbocycles. The lowest BCUT2D eigenvalue weighted by molar-refractivity contribution is -0.210. The lowest BCUT2D eigenvalue weighted by Crippen LogP contribution is -2.66. The number of ether oxygens (including phenoxy) is 6. The average molecular weight is 1090 g/mol. The van der Waals surface area contributed by atoms with E-state index >= 15 is 0 Å². The number of aliphatic hydroxyl groups is 1. The number of aliphatic carboxylic acids is 5. The topological polar surface area (TPSA) is 330 Å². The molecule has 21 nitrogen and oxygen atoms in total. The zero-order valence-electron chi connectivity index (χ0n) is 43.1. The number of carboxylic acid groups (broad SMARTS) is 5. The number of allylic oxidation sites excluding steroid dienone is 8. The Morgan fingerprint density at radius 1 is 0.462 bits per heavy atom. The minimum Gasteiger partial charge on any atom is -0.481 e. The lowest BCUT2D eigenvalue weighted by atomic mass is 9.52. The van der Waals surface area contributed by atoms with E-state index in [0.29, 0.717) is 128 Å². The van der Waals surface area contributed by atoms with Crippen LogP contribution >= 0.6 is 0 Å². The number of esters is 4. The highest BCUT2D eigenvalue weighted by Crippen LogP contribution is 2.72. The van der Waals surface area contributed by atoms with Gasteiger partial charge in [0.2, 0.25) is 0 Å². The molecule has 21 heteroatoms. The molecule has 4 saturated carbocycles. The van der Waals surface area contributed by atoms with Gasteiger partial charge in [0.1, 0.15) is 21.7 Å². The van der Waals surface area contributed by atoms with Gasteiger partial charge in [-0.2, -0.15) is 0 Å². The summed E-state index contributed by atoms with van der Waals surface area (Å²) in [5.74, 6) is -13.0. The third-order valence-corrected chi connectivity index (χ3v) is 20.3. The molecule has 4 saturated heterocycles. The van der Waals surface area contributed by atoms with Crippen molar-refractivity contribution in [3.63, 3.8) is 0 Å². The number of hydrogen-bond donors (Lipinski definition) is 6. The first kappa shape index (κ1) is 55.4. The molecule has 0 aromatic rings. The highest BCUT2D eigenvalue weighted by molar-refractivity contribution is 6.03. The van der Waals surface area contributed by atoms with Gasteiger partial charge in [0.05, 0.1) is 41.7 Å². The molecule has 12 rings (SSSR count). The fourth-order valence-electron chi connectivity index (χ4n) is 17.4. The molecule has 0 aromatic carbocycles. The normalized spacial score (nSPS) is 43.2. The maximum absolute atomic E-state index is 14.4. The molecule has 0 spiro atoms. The first-order valence-electron chi connectivity index (χ1n) is 27.5. The summed E-state index contributed by atoms with van der Waals surface area (Å²) >= 11 is 0. The molecule has 0 aromatic heterocycles. The maximum Gasteiger partial charge on any atom is 0.338 e. The van der Waals surface area contributed by atoms with Crippen molar-refractivity contribution in [1.82, 2.24) is 0 Å². The van der Waals surface area contributed by atoms with Crippen LogP contribution < -0.4 is 0 Å². The Kier molecular flexibility index (Phi) is 15.1. The molecular weight excluding hydrogens is 1020 g/mol. The smallest absolute Gasteiger partial charge is 0.338 e. The number of carboxylic acids is 5. The van der Waals surface area contributed by atoms with Gasteiger partial charge in [-0.05, 0) is 137 Å². The van der Waals surface area contributed by atoms with Crippen LogP contribution in [0.25, 0.3) is 0 Å². The molecule has 0 amide bonds. The third kappa shape index (κ3) is 8.20. The Bertz CT molecular complexity index is 2470. The number of carbonyl (C=O) groups excluding carboxylic acids is 4. The van der Waals surface area contributed by atoms with E-state index in [9.17, 15) is 58.5 Å². The predicted molar refractivity (Wildman–Crippen MR) is 264 cm³/mol. The van der Waals surface area contributed by atoms with Gasteiger partial charge in [-0.25, -0.2) is 9.59 Å². The maximum atomic E-state index is 14.4. The van der Waals surface area contributed by atoms with E-state index in [1.165, 1.54) is 0 Å². The molecule has 19 atom stereocenters. The van der Waals surface area contributed by atoms with Gasteiger partial charge in [0.15, 0.2) is 0 Å². The average Bonchev–Trinajstić information content (AvgIpc) is 4.40. The van der Waals surface area contributed by atoms with E-state index < -0.39 is 141 Å². The van der Waals surface area contributed by atoms with Crippen molar-refractivity contribution < 1.29 is 102 Å². The van der Waals surface area contributed by atoms with E-state index in [1.807, 2.05) is 30.4 Å². The second-order valence-electron chi connectivity index (χ2n) is 23.3. The van der Waals surface area contributed by atoms with Crippen molar-refractivity contribution in [2.75, 3.05) is 33.0 Å². The number of fused-ring (bicyclic) bond motifs is 8.